The van der Waals surface area contributed by atoms with Crippen molar-refractivity contribution in [3.8, 4) is 0 Å². The van der Waals surface area contributed by atoms with Gasteiger partial charge in [-0.2, -0.15) is 0 Å². The lowest BCUT2D eigenvalue weighted by atomic mass is 9.97. The number of benzene rings is 1. The van der Waals surface area contributed by atoms with Crippen LogP contribution in [0.1, 0.15) is 30.1 Å². The van der Waals surface area contributed by atoms with Crippen LogP contribution in [0.15, 0.2) is 18.2 Å². The molecule has 0 saturated carbocycles. The zero-order valence-corrected chi connectivity index (χ0v) is 8.63. The molecule has 0 spiro atoms. The summed E-state index contributed by atoms with van der Waals surface area (Å²) in [6.45, 7) is 2.31. The summed E-state index contributed by atoms with van der Waals surface area (Å²) in [5.74, 6) is -0.0339. The first-order chi connectivity index (χ1) is 7.16. The molecule has 1 aromatic carbocycles. The normalized spacial score (nSPS) is 21.7. The summed E-state index contributed by atoms with van der Waals surface area (Å²) < 4.78 is 18.4. The molecule has 1 fully saturated rings. The first-order valence-electron chi connectivity index (χ1n) is 5.06. The number of ketones is 1. The molecule has 1 unspecified atom stereocenters. The van der Waals surface area contributed by atoms with E-state index in [1.807, 2.05) is 6.92 Å². The predicted molar refractivity (Wildman–Crippen MR) is 54.1 cm³/mol. The lowest BCUT2D eigenvalue weighted by Crippen LogP contribution is -2.20. The molecule has 3 heteroatoms. The molecule has 1 aromatic rings. The van der Waals surface area contributed by atoms with Crippen molar-refractivity contribution in [3.05, 3.63) is 35.1 Å². The number of carbonyl (C=O) groups excluding carboxylic acids is 1. The monoisotopic (exact) mass is 208 g/mol. The van der Waals surface area contributed by atoms with Gasteiger partial charge in [-0.3, -0.25) is 4.79 Å². The van der Waals surface area contributed by atoms with Gasteiger partial charge in [0.1, 0.15) is 11.6 Å². The number of ether oxygens (including phenoxy) is 1. The van der Waals surface area contributed by atoms with E-state index >= 15 is 0 Å². The van der Waals surface area contributed by atoms with Crippen LogP contribution in [0.3, 0.4) is 0 Å². The molecule has 2 rings (SSSR count). The highest BCUT2D eigenvalue weighted by Crippen LogP contribution is 2.28. The first kappa shape index (κ1) is 10.3. The largest absolute Gasteiger partial charge is 0.373 e. The van der Waals surface area contributed by atoms with Gasteiger partial charge in [0.15, 0.2) is 0 Å². The van der Waals surface area contributed by atoms with Crippen LogP contribution in [0, 0.1) is 12.7 Å². The number of halogens is 1. The Bertz CT molecular complexity index is 387. The summed E-state index contributed by atoms with van der Waals surface area (Å²) in [5, 5.41) is 0. The van der Waals surface area contributed by atoms with Crippen LogP contribution in [0.2, 0.25) is 0 Å². The molecule has 0 N–H and O–H groups in total. The van der Waals surface area contributed by atoms with E-state index in [-0.39, 0.29) is 17.7 Å². The molecule has 2 nitrogen and oxygen atoms in total. The van der Waals surface area contributed by atoms with Crippen LogP contribution in [0.5, 0.6) is 0 Å². The summed E-state index contributed by atoms with van der Waals surface area (Å²) >= 11 is 0. The molecule has 0 aliphatic carbocycles. The molecule has 1 heterocycles. The smallest absolute Gasteiger partial charge is 0.138 e. The van der Waals surface area contributed by atoms with Gasteiger partial charge in [-0.05, 0) is 30.2 Å². The van der Waals surface area contributed by atoms with E-state index in [4.69, 9.17) is 4.74 Å². The lowest BCUT2D eigenvalue weighted by Gasteiger charge is -2.23. The van der Waals surface area contributed by atoms with E-state index in [2.05, 4.69) is 0 Å². The van der Waals surface area contributed by atoms with Crippen molar-refractivity contribution in [3.63, 3.8) is 0 Å². The molecule has 1 atom stereocenters. The zero-order chi connectivity index (χ0) is 10.8. The SMILES string of the molecule is Cc1cc(F)ccc1C1CC(=O)CCO1. The molecule has 15 heavy (non-hydrogen) atoms. The minimum atomic E-state index is -0.251. The van der Waals surface area contributed by atoms with Crippen molar-refractivity contribution >= 4 is 5.78 Å². The molecule has 80 valence electrons. The Labute approximate surface area is 88.1 Å². The van der Waals surface area contributed by atoms with Crippen LogP contribution in [0.4, 0.5) is 4.39 Å². The van der Waals surface area contributed by atoms with Crippen molar-refractivity contribution in [1.82, 2.24) is 0 Å². The molecule has 1 aliphatic heterocycles. The van der Waals surface area contributed by atoms with E-state index in [1.54, 1.807) is 6.07 Å². The van der Waals surface area contributed by atoms with Crippen molar-refractivity contribution in [2.75, 3.05) is 6.61 Å². The third kappa shape index (κ3) is 2.23. The van der Waals surface area contributed by atoms with Crippen LogP contribution in [-0.4, -0.2) is 12.4 Å². The highest BCUT2D eigenvalue weighted by atomic mass is 19.1. The predicted octanol–water partition coefficient (Wildman–Crippen LogP) is 2.55. The minimum Gasteiger partial charge on any atom is -0.373 e. The van der Waals surface area contributed by atoms with E-state index in [9.17, 15) is 9.18 Å². The fourth-order valence-corrected chi connectivity index (χ4v) is 1.88. The fraction of sp³-hybridized carbons (Fsp3) is 0.417. The van der Waals surface area contributed by atoms with Gasteiger partial charge in [0.05, 0.1) is 12.7 Å². The molecule has 0 amide bonds. The van der Waals surface area contributed by atoms with Crippen LogP contribution in [0.25, 0.3) is 0 Å². The zero-order valence-electron chi connectivity index (χ0n) is 8.63. The van der Waals surface area contributed by atoms with Crippen LogP contribution >= 0.6 is 0 Å². The average molecular weight is 208 g/mol. The number of carbonyl (C=O) groups is 1. The Morgan fingerprint density at radius 3 is 2.93 bits per heavy atom. The second kappa shape index (κ2) is 4.11. The molecule has 1 saturated heterocycles. The summed E-state index contributed by atoms with van der Waals surface area (Å²) in [6, 6.07) is 4.58. The van der Waals surface area contributed by atoms with E-state index in [0.29, 0.717) is 19.4 Å². The molecule has 1 aliphatic rings. The average Bonchev–Trinajstić information content (AvgIpc) is 2.17. The Kier molecular flexibility index (Phi) is 2.82. The number of hydrogen-bond acceptors (Lipinski definition) is 2. The Morgan fingerprint density at radius 2 is 2.27 bits per heavy atom. The molecule has 0 radical (unpaired) electrons. The van der Waals surface area contributed by atoms with Crippen molar-refractivity contribution < 1.29 is 13.9 Å². The van der Waals surface area contributed by atoms with Gasteiger partial charge < -0.3 is 4.74 Å². The second-order valence-electron chi connectivity index (χ2n) is 3.85. The Morgan fingerprint density at radius 1 is 1.47 bits per heavy atom. The Balaban J connectivity index is 2.24. The highest BCUT2D eigenvalue weighted by Gasteiger charge is 2.22. The third-order valence-electron chi connectivity index (χ3n) is 2.69. The van der Waals surface area contributed by atoms with Crippen LogP contribution < -0.4 is 0 Å². The van der Waals surface area contributed by atoms with Crippen molar-refractivity contribution in [2.45, 2.75) is 25.9 Å². The van der Waals surface area contributed by atoms with E-state index < -0.39 is 0 Å². The summed E-state index contributed by atoms with van der Waals surface area (Å²) in [5.41, 5.74) is 1.76. The van der Waals surface area contributed by atoms with Gasteiger partial charge in [0, 0.05) is 12.8 Å². The summed E-state index contributed by atoms with van der Waals surface area (Å²) in [4.78, 5) is 11.3. The van der Waals surface area contributed by atoms with Gasteiger partial charge >= 0.3 is 0 Å². The summed E-state index contributed by atoms with van der Waals surface area (Å²) in [7, 11) is 0. The highest BCUT2D eigenvalue weighted by molar-refractivity contribution is 5.79. The molecule has 0 aromatic heterocycles. The van der Waals surface area contributed by atoms with E-state index in [1.165, 1.54) is 12.1 Å². The minimum absolute atomic E-state index is 0.188. The van der Waals surface area contributed by atoms with Gasteiger partial charge in [-0.15, -0.1) is 0 Å². The summed E-state index contributed by atoms with van der Waals surface area (Å²) in [6.07, 6.45) is 0.718. The number of rotatable bonds is 1. The third-order valence-corrected chi connectivity index (χ3v) is 2.69. The van der Waals surface area contributed by atoms with Crippen molar-refractivity contribution in [1.29, 1.82) is 0 Å². The maximum atomic E-state index is 12.9. The topological polar surface area (TPSA) is 26.3 Å². The first-order valence-corrected chi connectivity index (χ1v) is 5.06. The van der Waals surface area contributed by atoms with Gasteiger partial charge in [-0.1, -0.05) is 6.07 Å². The Hall–Kier alpha value is -1.22. The number of aryl methyl sites for hydroxylation is 1. The van der Waals surface area contributed by atoms with Crippen LogP contribution in [-0.2, 0) is 9.53 Å². The molecular weight excluding hydrogens is 195 g/mol. The van der Waals surface area contributed by atoms with Gasteiger partial charge in [0.2, 0.25) is 0 Å². The second-order valence-corrected chi connectivity index (χ2v) is 3.85. The maximum Gasteiger partial charge on any atom is 0.138 e. The quantitative estimate of drug-likeness (QED) is 0.709. The van der Waals surface area contributed by atoms with Gasteiger partial charge in [0.25, 0.3) is 0 Å². The van der Waals surface area contributed by atoms with Crippen molar-refractivity contribution in [2.24, 2.45) is 0 Å². The van der Waals surface area contributed by atoms with Gasteiger partial charge in [-0.25, -0.2) is 4.39 Å². The number of hydrogen-bond donors (Lipinski definition) is 0. The molecular formula is C12H13FO2. The molecule has 0 bridgehead atoms. The lowest BCUT2D eigenvalue weighted by molar-refractivity contribution is -0.128. The van der Waals surface area contributed by atoms with E-state index in [0.717, 1.165) is 11.1 Å². The maximum absolute atomic E-state index is 12.9. The number of Topliss-reactive ketones (excluding diaryl/α,β-unsaturated/α-hetero) is 1. The fourth-order valence-electron chi connectivity index (χ4n) is 1.88. The standard InChI is InChI=1S/C12H13FO2/c1-8-6-9(13)2-3-11(8)12-7-10(14)4-5-15-12/h2-3,6,12H,4-5,7H2,1H3.